The Morgan fingerprint density at radius 3 is 2.63 bits per heavy atom. The molecule has 0 amide bonds. The highest BCUT2D eigenvalue weighted by Crippen LogP contribution is 2.48. The first-order chi connectivity index (χ1) is 9.33. The zero-order valence-corrected chi connectivity index (χ0v) is 11.7. The smallest absolute Gasteiger partial charge is 0.0461 e. The lowest BCUT2D eigenvalue weighted by atomic mass is 10.0. The molecule has 0 saturated heterocycles. The lowest BCUT2D eigenvalue weighted by molar-refractivity contribution is 0.916. The second kappa shape index (κ2) is 3.75. The lowest BCUT2D eigenvalue weighted by Gasteiger charge is -1.99. The van der Waals surface area contributed by atoms with Crippen molar-refractivity contribution < 1.29 is 0 Å². The summed E-state index contributed by atoms with van der Waals surface area (Å²) >= 11 is 0. The maximum absolute atomic E-state index is 3.59. The van der Waals surface area contributed by atoms with E-state index < -0.39 is 0 Å². The van der Waals surface area contributed by atoms with Gasteiger partial charge in [0, 0.05) is 26.6 Å². The molecule has 1 heteroatoms. The molecule has 2 unspecified atom stereocenters. The number of fused-ring (bicyclic) bond motifs is 4. The average molecular weight is 251 g/mol. The minimum atomic E-state index is 0.395. The second-order valence-electron chi connectivity index (χ2n) is 6.08. The Hall–Kier alpha value is -1.50. The Bertz CT molecular complexity index is 784. The van der Waals surface area contributed by atoms with Crippen molar-refractivity contribution in [1.82, 2.24) is 4.98 Å². The predicted octanol–water partition coefficient (Wildman–Crippen LogP) is 1.16. The molecular formula is C18H21N. The van der Waals surface area contributed by atoms with Crippen LogP contribution in [-0.2, 0) is 0 Å². The van der Waals surface area contributed by atoms with Crippen molar-refractivity contribution in [3.63, 3.8) is 0 Å². The van der Waals surface area contributed by atoms with Crippen LogP contribution in [0.3, 0.4) is 0 Å². The van der Waals surface area contributed by atoms with Crippen molar-refractivity contribution in [3.8, 4) is 0 Å². The molecule has 0 aromatic carbocycles. The van der Waals surface area contributed by atoms with Crippen LogP contribution >= 0.6 is 0 Å². The molecule has 5 rings (SSSR count). The summed E-state index contributed by atoms with van der Waals surface area (Å²) in [5.74, 6) is 1.66. The highest BCUT2D eigenvalue weighted by atomic mass is 14.7. The van der Waals surface area contributed by atoms with Crippen LogP contribution in [0.1, 0.15) is 33.1 Å². The summed E-state index contributed by atoms with van der Waals surface area (Å²) in [6.45, 7) is 4.00. The number of aromatic nitrogens is 1. The first kappa shape index (κ1) is 11.3. The molecule has 1 aromatic rings. The Morgan fingerprint density at radius 1 is 1.05 bits per heavy atom. The molecular weight excluding hydrogens is 230 g/mol. The number of aromatic amines is 1. The van der Waals surface area contributed by atoms with E-state index in [2.05, 4.69) is 41.4 Å². The Morgan fingerprint density at radius 2 is 1.84 bits per heavy atom. The first-order valence-electron chi connectivity index (χ1n) is 7.67. The van der Waals surface area contributed by atoms with Gasteiger partial charge in [-0.05, 0) is 37.2 Å². The van der Waals surface area contributed by atoms with Gasteiger partial charge in [0.05, 0.1) is 0 Å². The van der Waals surface area contributed by atoms with Crippen LogP contribution in [0.25, 0.3) is 24.3 Å². The maximum atomic E-state index is 3.59. The molecule has 19 heavy (non-hydrogen) atoms. The Labute approximate surface area is 113 Å². The summed E-state index contributed by atoms with van der Waals surface area (Å²) in [5, 5.41) is 5.62. The SMILES string of the molecule is C1=CC2(C=c3c([nH]c4c3=CC3CC3C=4)=C1)CC2.CC. The fourth-order valence-electron chi connectivity index (χ4n) is 3.34. The molecule has 0 aliphatic heterocycles. The summed E-state index contributed by atoms with van der Waals surface area (Å²) in [6.07, 6.45) is 18.3. The van der Waals surface area contributed by atoms with Gasteiger partial charge in [-0.25, -0.2) is 0 Å². The molecule has 1 heterocycles. The fourth-order valence-corrected chi connectivity index (χ4v) is 3.34. The van der Waals surface area contributed by atoms with Gasteiger partial charge in [-0.2, -0.15) is 0 Å². The molecule has 1 nitrogen and oxygen atoms in total. The van der Waals surface area contributed by atoms with E-state index in [0.29, 0.717) is 5.41 Å². The molecule has 2 atom stereocenters. The minimum absolute atomic E-state index is 0.395. The number of nitrogens with one attached hydrogen (secondary N) is 1. The van der Waals surface area contributed by atoms with Crippen molar-refractivity contribution >= 4 is 24.3 Å². The molecule has 1 aromatic heterocycles. The van der Waals surface area contributed by atoms with Gasteiger partial charge in [0.25, 0.3) is 0 Å². The lowest BCUT2D eigenvalue weighted by Crippen LogP contribution is -2.39. The van der Waals surface area contributed by atoms with Crippen molar-refractivity contribution in [1.29, 1.82) is 0 Å². The van der Waals surface area contributed by atoms with E-state index in [0.717, 1.165) is 11.8 Å². The number of H-pyrrole nitrogens is 1. The van der Waals surface area contributed by atoms with Gasteiger partial charge < -0.3 is 4.98 Å². The third-order valence-electron chi connectivity index (χ3n) is 4.74. The summed E-state index contributed by atoms with van der Waals surface area (Å²) in [4.78, 5) is 3.59. The van der Waals surface area contributed by atoms with E-state index in [1.807, 2.05) is 13.8 Å². The van der Waals surface area contributed by atoms with Gasteiger partial charge in [0.1, 0.15) is 0 Å². The van der Waals surface area contributed by atoms with Gasteiger partial charge in [-0.3, -0.25) is 0 Å². The number of rotatable bonds is 0. The Balaban J connectivity index is 0.000000465. The van der Waals surface area contributed by atoms with E-state index in [4.69, 9.17) is 0 Å². The van der Waals surface area contributed by atoms with Crippen LogP contribution < -0.4 is 21.1 Å². The molecule has 1 N–H and O–H groups in total. The van der Waals surface area contributed by atoms with E-state index in [1.165, 1.54) is 40.4 Å². The standard InChI is InChI=1S/C16H15N.C2H6/c1-2-14-13(9-16(3-1)4-5-16)12-7-10-6-11(10)8-15(12)17-14;1-2/h1-3,7-11,17H,4-6H2;1-2H3. The average Bonchev–Trinajstić information content (AvgIpc) is 3.32. The van der Waals surface area contributed by atoms with Crippen LogP contribution in [0.15, 0.2) is 12.2 Å². The van der Waals surface area contributed by atoms with Crippen LogP contribution in [0.2, 0.25) is 0 Å². The summed E-state index contributed by atoms with van der Waals surface area (Å²) in [5.41, 5.74) is 0.395. The quantitative estimate of drug-likeness (QED) is 0.712. The van der Waals surface area contributed by atoms with Crippen LogP contribution in [0, 0.1) is 17.3 Å². The van der Waals surface area contributed by atoms with Gasteiger partial charge in [-0.1, -0.05) is 44.2 Å². The largest absolute Gasteiger partial charge is 0.355 e. The van der Waals surface area contributed by atoms with Crippen molar-refractivity contribution in [3.05, 3.63) is 33.3 Å². The van der Waals surface area contributed by atoms with Gasteiger partial charge in [-0.15, -0.1) is 0 Å². The Kier molecular flexibility index (Phi) is 2.24. The monoisotopic (exact) mass is 251 g/mol. The zero-order valence-electron chi connectivity index (χ0n) is 11.7. The van der Waals surface area contributed by atoms with Crippen molar-refractivity contribution in [2.75, 3.05) is 0 Å². The normalized spacial score (nSPS) is 29.8. The number of hydrogen-bond acceptors (Lipinski definition) is 0. The van der Waals surface area contributed by atoms with Crippen LogP contribution in [0.5, 0.6) is 0 Å². The van der Waals surface area contributed by atoms with E-state index >= 15 is 0 Å². The van der Waals surface area contributed by atoms with E-state index in [1.54, 1.807) is 0 Å². The highest BCUT2D eigenvalue weighted by molar-refractivity contribution is 5.55. The first-order valence-corrected chi connectivity index (χ1v) is 7.67. The molecule has 98 valence electrons. The van der Waals surface area contributed by atoms with Crippen LogP contribution in [0.4, 0.5) is 0 Å². The second-order valence-corrected chi connectivity index (χ2v) is 6.08. The number of allylic oxidation sites excluding steroid dienone is 2. The molecule has 0 bridgehead atoms. The molecule has 2 fully saturated rings. The third-order valence-corrected chi connectivity index (χ3v) is 4.74. The van der Waals surface area contributed by atoms with Crippen molar-refractivity contribution in [2.24, 2.45) is 17.3 Å². The topological polar surface area (TPSA) is 15.8 Å². The zero-order chi connectivity index (χ0) is 13.0. The summed E-state index contributed by atoms with van der Waals surface area (Å²) in [7, 11) is 0. The molecule has 4 aliphatic rings. The van der Waals surface area contributed by atoms with Gasteiger partial charge in [0.2, 0.25) is 0 Å². The van der Waals surface area contributed by atoms with Crippen molar-refractivity contribution in [2.45, 2.75) is 33.1 Å². The van der Waals surface area contributed by atoms with Gasteiger partial charge in [0.15, 0.2) is 0 Å². The fraction of sp³-hybridized carbons (Fsp3) is 0.444. The molecule has 2 saturated carbocycles. The molecule has 4 aliphatic carbocycles. The van der Waals surface area contributed by atoms with E-state index in [9.17, 15) is 0 Å². The number of hydrogen-bond donors (Lipinski definition) is 1. The third kappa shape index (κ3) is 1.68. The summed E-state index contributed by atoms with van der Waals surface area (Å²) < 4.78 is 0. The van der Waals surface area contributed by atoms with Crippen LogP contribution in [-0.4, -0.2) is 4.98 Å². The predicted molar refractivity (Wildman–Crippen MR) is 80.9 cm³/mol. The maximum Gasteiger partial charge on any atom is 0.0461 e. The minimum Gasteiger partial charge on any atom is -0.355 e. The van der Waals surface area contributed by atoms with E-state index in [-0.39, 0.29) is 0 Å². The molecule has 0 radical (unpaired) electrons. The summed E-state index contributed by atoms with van der Waals surface area (Å²) in [6, 6.07) is 0. The molecule has 1 spiro atoms. The highest BCUT2D eigenvalue weighted by Gasteiger charge is 2.38. The van der Waals surface area contributed by atoms with Gasteiger partial charge >= 0.3 is 0 Å².